The Morgan fingerprint density at radius 3 is 2.40 bits per heavy atom. The molecule has 3 aromatic heterocycles. The maximum atomic E-state index is 13.2. The Morgan fingerprint density at radius 1 is 0.923 bits per heavy atom. The van der Waals surface area contributed by atoms with Gasteiger partial charge in [-0.05, 0) is 91.9 Å². The van der Waals surface area contributed by atoms with Gasteiger partial charge in [-0.15, -0.1) is 5.10 Å². The van der Waals surface area contributed by atoms with Gasteiger partial charge in [-0.25, -0.2) is 23.7 Å². The van der Waals surface area contributed by atoms with Crippen LogP contribution in [0.15, 0.2) is 78.2 Å². The van der Waals surface area contributed by atoms with Crippen molar-refractivity contribution in [1.29, 1.82) is 0 Å². The van der Waals surface area contributed by atoms with E-state index in [1.807, 2.05) is 24.3 Å². The van der Waals surface area contributed by atoms with E-state index in [2.05, 4.69) is 54.5 Å². The fourth-order valence-corrected chi connectivity index (χ4v) is 7.61. The number of likely N-dealkylation sites (tertiary alicyclic amines) is 1. The van der Waals surface area contributed by atoms with E-state index in [1.54, 1.807) is 40.0 Å². The molecule has 5 aromatic rings. The smallest absolute Gasteiger partial charge is 0.350 e. The predicted molar refractivity (Wildman–Crippen MR) is 195 cm³/mol. The highest BCUT2D eigenvalue weighted by Gasteiger charge is 2.46. The van der Waals surface area contributed by atoms with E-state index in [0.717, 1.165) is 69.3 Å². The minimum atomic E-state index is -1.22. The summed E-state index contributed by atoms with van der Waals surface area (Å²) < 4.78 is 23.6. The molecule has 0 radical (unpaired) electrons. The lowest BCUT2D eigenvalue weighted by atomic mass is 10.1. The molecule has 2 atom stereocenters. The lowest BCUT2D eigenvalue weighted by Crippen LogP contribution is -2.46. The number of benzene rings is 2. The monoisotopic (exact) mass is 747 g/mol. The first-order valence-corrected chi connectivity index (χ1v) is 18.1. The van der Waals surface area contributed by atoms with Gasteiger partial charge in [-0.1, -0.05) is 29.3 Å². The number of piperidine rings is 1. The summed E-state index contributed by atoms with van der Waals surface area (Å²) in [6.45, 7) is 6.00. The van der Waals surface area contributed by atoms with E-state index in [9.17, 15) is 4.79 Å². The van der Waals surface area contributed by atoms with Crippen LogP contribution in [0, 0.1) is 0 Å². The molecule has 3 fully saturated rings. The summed E-state index contributed by atoms with van der Waals surface area (Å²) in [5, 5.41) is 16.8. The SMILES string of the molecule is CN1CCC(n2ncn(-c3ccc(N4CCN(c5ccc(OC[C@@H]6CO[C@@](Cn7cnnn7)(c7ccc(Cl)cc7Cl)O6)cn5)CC4)cc3)c2=O)CC1. The molecule has 3 aliphatic rings. The van der Waals surface area contributed by atoms with Crippen molar-refractivity contribution in [2.75, 3.05) is 69.3 Å². The molecule has 6 heterocycles. The van der Waals surface area contributed by atoms with Crippen LogP contribution in [0.4, 0.5) is 11.5 Å². The van der Waals surface area contributed by atoms with Gasteiger partial charge in [0.2, 0.25) is 5.79 Å². The summed E-state index contributed by atoms with van der Waals surface area (Å²) in [5.41, 5.74) is 2.48. The van der Waals surface area contributed by atoms with Crippen LogP contribution in [0.5, 0.6) is 5.75 Å². The number of nitrogens with zero attached hydrogens (tertiary/aromatic N) is 11. The molecular weight excluding hydrogens is 709 g/mol. The largest absolute Gasteiger partial charge is 0.489 e. The molecule has 3 saturated heterocycles. The molecule has 0 amide bonds. The molecule has 15 nitrogen and oxygen atoms in total. The highest BCUT2D eigenvalue weighted by Crippen LogP contribution is 2.40. The van der Waals surface area contributed by atoms with E-state index in [-0.39, 0.29) is 37.6 Å². The third-order valence-electron chi connectivity index (χ3n) is 9.94. The van der Waals surface area contributed by atoms with Crippen LogP contribution in [0.25, 0.3) is 5.69 Å². The molecule has 272 valence electrons. The topological polar surface area (TPSA) is 134 Å². The molecule has 2 aromatic carbocycles. The Bertz CT molecular complexity index is 2010. The van der Waals surface area contributed by atoms with Gasteiger partial charge in [0.15, 0.2) is 0 Å². The molecular formula is C35H39Cl2N11O4. The fourth-order valence-electron chi connectivity index (χ4n) is 7.06. The highest BCUT2D eigenvalue weighted by atomic mass is 35.5. The summed E-state index contributed by atoms with van der Waals surface area (Å²) in [6.07, 6.45) is 6.35. The van der Waals surface area contributed by atoms with Crippen molar-refractivity contribution >= 4 is 34.7 Å². The number of tetrazole rings is 1. The van der Waals surface area contributed by atoms with Gasteiger partial charge < -0.3 is 28.9 Å². The van der Waals surface area contributed by atoms with Crippen molar-refractivity contribution in [2.45, 2.75) is 37.3 Å². The Balaban J connectivity index is 0.838. The minimum absolute atomic E-state index is 0.0837. The predicted octanol–water partition coefficient (Wildman–Crippen LogP) is 3.66. The summed E-state index contributed by atoms with van der Waals surface area (Å²) in [4.78, 5) is 24.8. The van der Waals surface area contributed by atoms with Crippen LogP contribution in [0.3, 0.4) is 0 Å². The van der Waals surface area contributed by atoms with Crippen molar-refractivity contribution < 1.29 is 14.2 Å². The van der Waals surface area contributed by atoms with Gasteiger partial charge in [0.25, 0.3) is 0 Å². The van der Waals surface area contributed by atoms with Crippen molar-refractivity contribution in [3.63, 3.8) is 0 Å². The fraction of sp³-hybridized carbons (Fsp3) is 0.429. The van der Waals surface area contributed by atoms with E-state index < -0.39 is 5.79 Å². The number of rotatable bonds is 10. The van der Waals surface area contributed by atoms with Crippen molar-refractivity contribution in [1.82, 2.24) is 44.4 Å². The van der Waals surface area contributed by atoms with E-state index in [4.69, 9.17) is 42.4 Å². The molecule has 52 heavy (non-hydrogen) atoms. The first-order chi connectivity index (χ1) is 25.3. The molecule has 8 rings (SSSR count). The van der Waals surface area contributed by atoms with Crippen molar-refractivity contribution in [3.05, 3.63) is 99.5 Å². The average Bonchev–Trinajstić information content (AvgIpc) is 3.93. The third-order valence-corrected chi connectivity index (χ3v) is 10.5. The Labute approximate surface area is 310 Å². The molecule has 0 bridgehead atoms. The second-order valence-electron chi connectivity index (χ2n) is 13.4. The maximum absolute atomic E-state index is 13.2. The van der Waals surface area contributed by atoms with Crippen LogP contribution >= 0.6 is 23.2 Å². The number of hydrogen-bond donors (Lipinski definition) is 0. The van der Waals surface area contributed by atoms with Gasteiger partial charge in [0, 0.05) is 42.5 Å². The molecule has 0 saturated carbocycles. The van der Waals surface area contributed by atoms with Crippen LogP contribution < -0.4 is 20.2 Å². The number of piperazine rings is 1. The lowest BCUT2D eigenvalue weighted by molar-refractivity contribution is -0.190. The maximum Gasteiger partial charge on any atom is 0.350 e. The number of anilines is 2. The summed E-state index contributed by atoms with van der Waals surface area (Å²) in [5.74, 6) is 0.305. The molecule has 0 spiro atoms. The molecule has 0 N–H and O–H groups in total. The Kier molecular flexibility index (Phi) is 9.85. The first kappa shape index (κ1) is 34.5. The highest BCUT2D eigenvalue weighted by molar-refractivity contribution is 6.35. The van der Waals surface area contributed by atoms with E-state index >= 15 is 0 Å². The minimum Gasteiger partial charge on any atom is -0.489 e. The van der Waals surface area contributed by atoms with Gasteiger partial charge in [-0.2, -0.15) is 5.10 Å². The third kappa shape index (κ3) is 7.23. The number of halogens is 2. The lowest BCUT2D eigenvalue weighted by Gasteiger charge is -2.36. The molecule has 3 aliphatic heterocycles. The Hall–Kier alpha value is -4.54. The molecule has 17 heteroatoms. The van der Waals surface area contributed by atoms with Crippen LogP contribution in [0.1, 0.15) is 24.4 Å². The van der Waals surface area contributed by atoms with E-state index in [1.165, 1.54) is 11.0 Å². The quantitative estimate of drug-likeness (QED) is 0.207. The normalized spacial score (nSPS) is 21.6. The molecule has 0 aliphatic carbocycles. The van der Waals surface area contributed by atoms with Crippen LogP contribution in [-0.4, -0.2) is 110 Å². The number of hydrogen-bond acceptors (Lipinski definition) is 12. The Morgan fingerprint density at radius 2 is 1.69 bits per heavy atom. The van der Waals surface area contributed by atoms with Crippen LogP contribution in [0.2, 0.25) is 10.0 Å². The zero-order valence-corrected chi connectivity index (χ0v) is 30.2. The van der Waals surface area contributed by atoms with Crippen LogP contribution in [-0.2, 0) is 21.8 Å². The van der Waals surface area contributed by atoms with Gasteiger partial charge >= 0.3 is 5.69 Å². The van der Waals surface area contributed by atoms with Gasteiger partial charge in [0.05, 0.1) is 29.6 Å². The summed E-state index contributed by atoms with van der Waals surface area (Å²) >= 11 is 12.7. The van der Waals surface area contributed by atoms with E-state index in [0.29, 0.717) is 21.4 Å². The number of pyridine rings is 1. The number of ether oxygens (including phenoxy) is 3. The standard InChI is InChI=1S/C35H39Cl2N11O4/c1-43-12-10-28(11-13-43)48-34(49)47(24-40-48)27-5-3-26(4-6-27)44-14-16-45(17-15-44)33-9-7-29(19-38-33)50-20-30-21-51-35(52-30,22-46-23-39-41-42-46)31-8-2-25(36)18-32(31)37/h2-9,18-19,23-24,28,30H,10-17,20-22H2,1H3/t30-,35-/m1/s1. The van der Waals surface area contributed by atoms with Gasteiger partial charge in [0.1, 0.15) is 43.5 Å². The van der Waals surface area contributed by atoms with Crippen molar-refractivity contribution in [2.24, 2.45) is 0 Å². The first-order valence-electron chi connectivity index (χ1n) is 17.4. The van der Waals surface area contributed by atoms with Gasteiger partial charge in [-0.3, -0.25) is 0 Å². The summed E-state index contributed by atoms with van der Waals surface area (Å²) in [7, 11) is 2.11. The average molecular weight is 749 g/mol. The van der Waals surface area contributed by atoms with Crippen molar-refractivity contribution in [3.8, 4) is 11.4 Å². The zero-order valence-electron chi connectivity index (χ0n) is 28.7. The second-order valence-corrected chi connectivity index (χ2v) is 14.2. The summed E-state index contributed by atoms with van der Waals surface area (Å²) in [6, 6.07) is 17.4. The second kappa shape index (κ2) is 14.8. The number of aromatic nitrogens is 8. The zero-order chi connectivity index (χ0) is 35.7. The molecule has 0 unspecified atom stereocenters.